The van der Waals surface area contributed by atoms with Crippen LogP contribution in [-0.4, -0.2) is 9.13 Å². The summed E-state index contributed by atoms with van der Waals surface area (Å²) in [5, 5.41) is 7.55. The lowest BCUT2D eigenvalue weighted by molar-refractivity contribution is 1.18. The normalized spacial score (nSPS) is 11.6. The van der Waals surface area contributed by atoms with Crippen LogP contribution in [-0.2, 0) is 0 Å². The van der Waals surface area contributed by atoms with Crippen LogP contribution >= 0.6 is 0 Å². The number of benzene rings is 11. The summed E-state index contributed by atoms with van der Waals surface area (Å²) in [7, 11) is 0. The van der Waals surface area contributed by atoms with Crippen molar-refractivity contribution in [3.8, 4) is 67.0 Å². The molecule has 0 bridgehead atoms. The largest absolute Gasteiger partial charge is 0.309 e. The van der Waals surface area contributed by atoms with Gasteiger partial charge in [-0.05, 0) is 116 Å². The average Bonchev–Trinajstić information content (AvgIpc) is 3.91. The van der Waals surface area contributed by atoms with Gasteiger partial charge in [-0.1, -0.05) is 200 Å². The van der Waals surface area contributed by atoms with Crippen molar-refractivity contribution in [2.24, 2.45) is 0 Å². The molecule has 0 aliphatic carbocycles. The first kappa shape index (κ1) is 37.8. The number of aromatic nitrogens is 2. The standard InChI is InChI=1S/C64H42N2/c1-2-13-54(14-3-1)65-61-18-8-6-16-56(61)58-41-52(37-39-63(58)65)49-33-29-47(30-34-49)45-25-21-43(22-26-45)44-23-27-46(28-24-44)48-31-35-50(36-32-48)53-38-40-64-59(42-53)57-17-7-9-19-62(57)66(64)60-20-10-12-51-11-4-5-15-55(51)60/h1-42H. The number of fused-ring (bicyclic) bond motifs is 7. The van der Waals surface area contributed by atoms with E-state index >= 15 is 0 Å². The minimum atomic E-state index is 1.18. The van der Waals surface area contributed by atoms with E-state index in [1.165, 1.54) is 121 Å². The van der Waals surface area contributed by atoms with Gasteiger partial charge in [0.25, 0.3) is 0 Å². The van der Waals surface area contributed by atoms with Crippen LogP contribution in [0.2, 0.25) is 0 Å². The van der Waals surface area contributed by atoms with E-state index in [-0.39, 0.29) is 0 Å². The molecule has 66 heavy (non-hydrogen) atoms. The Morgan fingerprint density at radius 3 is 1.02 bits per heavy atom. The van der Waals surface area contributed by atoms with Gasteiger partial charge in [-0.2, -0.15) is 0 Å². The van der Waals surface area contributed by atoms with Crippen molar-refractivity contribution >= 4 is 54.4 Å². The molecule has 2 nitrogen and oxygen atoms in total. The van der Waals surface area contributed by atoms with Crippen molar-refractivity contribution in [3.05, 3.63) is 255 Å². The first-order chi connectivity index (χ1) is 32.7. The summed E-state index contributed by atoms with van der Waals surface area (Å²) >= 11 is 0. The molecule has 2 aromatic heterocycles. The minimum absolute atomic E-state index is 1.18. The summed E-state index contributed by atoms with van der Waals surface area (Å²) in [6.45, 7) is 0. The second-order valence-electron chi connectivity index (χ2n) is 17.3. The minimum Gasteiger partial charge on any atom is -0.309 e. The molecule has 0 aliphatic rings. The molecule has 13 aromatic rings. The summed E-state index contributed by atoms with van der Waals surface area (Å²) in [6, 6.07) is 93.0. The van der Waals surface area contributed by atoms with E-state index in [9.17, 15) is 0 Å². The molecule has 0 atom stereocenters. The molecule has 308 valence electrons. The zero-order chi connectivity index (χ0) is 43.6. The summed E-state index contributed by atoms with van der Waals surface area (Å²) in [5.41, 5.74) is 19.3. The number of rotatable bonds is 7. The molecular formula is C64H42N2. The van der Waals surface area contributed by atoms with Crippen LogP contribution in [0.5, 0.6) is 0 Å². The van der Waals surface area contributed by atoms with Crippen LogP contribution < -0.4 is 0 Å². The van der Waals surface area contributed by atoms with E-state index in [4.69, 9.17) is 0 Å². The van der Waals surface area contributed by atoms with E-state index in [1.807, 2.05) is 0 Å². The van der Waals surface area contributed by atoms with Gasteiger partial charge < -0.3 is 9.13 Å². The smallest absolute Gasteiger partial charge is 0.0541 e. The topological polar surface area (TPSA) is 9.86 Å². The van der Waals surface area contributed by atoms with Gasteiger partial charge in [-0.3, -0.25) is 0 Å². The van der Waals surface area contributed by atoms with E-state index in [2.05, 4.69) is 264 Å². The Morgan fingerprint density at radius 1 is 0.197 bits per heavy atom. The lowest BCUT2D eigenvalue weighted by Crippen LogP contribution is -1.95. The molecule has 13 rings (SSSR count). The molecule has 2 heterocycles. The SMILES string of the molecule is c1ccc(-n2c3ccccc3c3cc(-c4ccc(-c5ccc(-c6ccc(-c7ccc(-c8ccc9c(c8)c8ccccc8n9-c8cccc9ccccc89)cc7)cc6)cc5)cc4)ccc32)cc1. The Labute approximate surface area is 383 Å². The number of para-hydroxylation sites is 3. The maximum absolute atomic E-state index is 2.42. The third-order valence-corrected chi connectivity index (χ3v) is 13.6. The fraction of sp³-hybridized carbons (Fsp3) is 0. The summed E-state index contributed by atoms with van der Waals surface area (Å²) in [4.78, 5) is 0. The molecule has 0 N–H and O–H groups in total. The van der Waals surface area contributed by atoms with Crippen molar-refractivity contribution < 1.29 is 0 Å². The van der Waals surface area contributed by atoms with Gasteiger partial charge in [0.15, 0.2) is 0 Å². The zero-order valence-electron chi connectivity index (χ0n) is 36.1. The van der Waals surface area contributed by atoms with Crippen LogP contribution in [0.25, 0.3) is 121 Å². The highest BCUT2D eigenvalue weighted by molar-refractivity contribution is 6.12. The summed E-state index contributed by atoms with van der Waals surface area (Å²) in [5.74, 6) is 0. The number of hydrogen-bond acceptors (Lipinski definition) is 0. The second-order valence-corrected chi connectivity index (χ2v) is 17.3. The predicted molar refractivity (Wildman–Crippen MR) is 280 cm³/mol. The first-order valence-electron chi connectivity index (χ1n) is 22.7. The van der Waals surface area contributed by atoms with Gasteiger partial charge in [-0.15, -0.1) is 0 Å². The van der Waals surface area contributed by atoms with Crippen molar-refractivity contribution in [1.82, 2.24) is 9.13 Å². The van der Waals surface area contributed by atoms with E-state index in [1.54, 1.807) is 0 Å². The number of hydrogen-bond donors (Lipinski definition) is 0. The maximum Gasteiger partial charge on any atom is 0.0541 e. The van der Waals surface area contributed by atoms with Gasteiger partial charge >= 0.3 is 0 Å². The van der Waals surface area contributed by atoms with Crippen LogP contribution in [0.15, 0.2) is 255 Å². The predicted octanol–water partition coefficient (Wildman–Crippen LogP) is 17.4. The fourth-order valence-corrected chi connectivity index (χ4v) is 10.2. The van der Waals surface area contributed by atoms with Gasteiger partial charge in [0.05, 0.1) is 27.8 Å². The van der Waals surface area contributed by atoms with Crippen molar-refractivity contribution in [1.29, 1.82) is 0 Å². The average molecular weight is 839 g/mol. The van der Waals surface area contributed by atoms with Crippen molar-refractivity contribution in [2.45, 2.75) is 0 Å². The third-order valence-electron chi connectivity index (χ3n) is 13.6. The van der Waals surface area contributed by atoms with Gasteiger partial charge in [0.2, 0.25) is 0 Å². The Bertz CT molecular complexity index is 3920. The molecule has 0 saturated carbocycles. The Hall–Kier alpha value is -8.72. The van der Waals surface area contributed by atoms with E-state index in [0.717, 1.165) is 0 Å². The van der Waals surface area contributed by atoms with E-state index in [0.29, 0.717) is 0 Å². The molecular weight excluding hydrogens is 797 g/mol. The maximum atomic E-state index is 2.42. The quantitative estimate of drug-likeness (QED) is 0.151. The fourth-order valence-electron chi connectivity index (χ4n) is 10.2. The van der Waals surface area contributed by atoms with Gasteiger partial charge in [-0.25, -0.2) is 0 Å². The molecule has 2 heteroatoms. The molecule has 0 spiro atoms. The Kier molecular flexibility index (Phi) is 8.89. The first-order valence-corrected chi connectivity index (χ1v) is 22.7. The second kappa shape index (κ2) is 15.5. The molecule has 0 saturated heterocycles. The zero-order valence-corrected chi connectivity index (χ0v) is 36.1. The monoisotopic (exact) mass is 838 g/mol. The van der Waals surface area contributed by atoms with Crippen LogP contribution in [0, 0.1) is 0 Å². The van der Waals surface area contributed by atoms with Crippen molar-refractivity contribution in [2.75, 3.05) is 0 Å². The van der Waals surface area contributed by atoms with Crippen LogP contribution in [0.3, 0.4) is 0 Å². The highest BCUT2D eigenvalue weighted by atomic mass is 15.0. The molecule has 0 amide bonds. The highest BCUT2D eigenvalue weighted by Crippen LogP contribution is 2.39. The lowest BCUT2D eigenvalue weighted by atomic mass is 9.96. The molecule has 0 radical (unpaired) electrons. The van der Waals surface area contributed by atoms with Crippen molar-refractivity contribution in [3.63, 3.8) is 0 Å². The highest BCUT2D eigenvalue weighted by Gasteiger charge is 2.16. The third kappa shape index (κ3) is 6.34. The van der Waals surface area contributed by atoms with Crippen LogP contribution in [0.4, 0.5) is 0 Å². The molecule has 0 fully saturated rings. The summed E-state index contributed by atoms with van der Waals surface area (Å²) in [6.07, 6.45) is 0. The Balaban J connectivity index is 0.727. The van der Waals surface area contributed by atoms with Gasteiger partial charge in [0, 0.05) is 32.6 Å². The molecule has 11 aromatic carbocycles. The molecule has 0 aliphatic heterocycles. The number of nitrogens with zero attached hydrogens (tertiary/aromatic N) is 2. The van der Waals surface area contributed by atoms with Crippen LogP contribution in [0.1, 0.15) is 0 Å². The molecule has 0 unspecified atom stereocenters. The summed E-state index contributed by atoms with van der Waals surface area (Å²) < 4.78 is 4.79. The van der Waals surface area contributed by atoms with E-state index < -0.39 is 0 Å². The van der Waals surface area contributed by atoms with Gasteiger partial charge in [0.1, 0.15) is 0 Å². The Morgan fingerprint density at radius 2 is 0.530 bits per heavy atom. The lowest BCUT2D eigenvalue weighted by Gasteiger charge is -2.12.